The number of nitrogens with one attached hydrogen (secondary N) is 3. The number of rotatable bonds is 15. The average molecular weight is 761 g/mol. The third kappa shape index (κ3) is 8.04. The minimum absolute atomic E-state index is 0.0322. The number of carbonyl (C=O) groups is 3. The maximum Gasteiger partial charge on any atom is 0.330 e. The van der Waals surface area contributed by atoms with Gasteiger partial charge < -0.3 is 34.6 Å². The number of amides is 3. The van der Waals surface area contributed by atoms with Crippen molar-refractivity contribution >= 4 is 38.8 Å². The van der Waals surface area contributed by atoms with Crippen molar-refractivity contribution in [3.63, 3.8) is 0 Å². The number of pyridine rings is 1. The highest BCUT2D eigenvalue weighted by Crippen LogP contribution is 2.45. The molecule has 5 atom stereocenters. The number of hydrogen-bond acceptors (Lipinski definition) is 10. The predicted octanol–water partition coefficient (Wildman–Crippen LogP) is 4.28. The van der Waals surface area contributed by atoms with E-state index in [2.05, 4.69) is 27.1 Å². The molecule has 1 saturated heterocycles. The molecule has 2 aromatic carbocycles. The number of carboxylic acids is 1. The lowest BCUT2D eigenvalue weighted by Gasteiger charge is -2.28. The molecule has 2 aliphatic rings. The van der Waals surface area contributed by atoms with Gasteiger partial charge in [-0.1, -0.05) is 55.4 Å². The molecule has 2 fully saturated rings. The normalized spacial score (nSPS) is 21.4. The van der Waals surface area contributed by atoms with Crippen LogP contribution in [0.5, 0.6) is 11.5 Å². The topological polar surface area (TPSA) is 202 Å². The number of sulfonamides is 1. The summed E-state index contributed by atoms with van der Waals surface area (Å²) in [6.07, 6.45) is 2.52. The fourth-order valence-corrected chi connectivity index (χ4v) is 8.04. The van der Waals surface area contributed by atoms with E-state index < -0.39 is 57.6 Å². The second-order valence-electron chi connectivity index (χ2n) is 14.1. The molecule has 54 heavy (non-hydrogen) atoms. The summed E-state index contributed by atoms with van der Waals surface area (Å²) in [5.41, 5.74) is 0.577. The number of methoxy groups -OCH3 is 1. The van der Waals surface area contributed by atoms with Crippen molar-refractivity contribution < 1.29 is 41.9 Å². The number of ether oxygens (including phenoxy) is 2. The van der Waals surface area contributed by atoms with Crippen LogP contribution < -0.4 is 24.8 Å². The van der Waals surface area contributed by atoms with Crippen LogP contribution in [0.15, 0.2) is 82.9 Å². The monoisotopic (exact) mass is 760 g/mol. The van der Waals surface area contributed by atoms with Gasteiger partial charge in [0.25, 0.3) is 0 Å². The Morgan fingerprint density at radius 1 is 1.17 bits per heavy atom. The molecular formula is C38H44N6O9S. The Labute approximate surface area is 313 Å². The van der Waals surface area contributed by atoms with Crippen LogP contribution in [-0.2, 0) is 19.6 Å². The SMILES string of the molecule is C=C[C@@H]1C[C@]1(NC(=O)[C@@H]1C[C@@H](Oc2cc(-c3ccccc3)nc3cc(OC)ccc23)CN1C(=O)NC(CNS(=O)(=O)c1cnoc1C)CC(C)C)C(=O)O. The summed E-state index contributed by atoms with van der Waals surface area (Å²) in [6, 6.07) is 14.3. The van der Waals surface area contributed by atoms with Gasteiger partial charge in [-0.2, -0.15) is 0 Å². The van der Waals surface area contributed by atoms with Gasteiger partial charge in [-0.15, -0.1) is 6.58 Å². The minimum Gasteiger partial charge on any atom is -0.497 e. The number of likely N-dealkylation sites (tertiary alicyclic amines) is 1. The van der Waals surface area contributed by atoms with E-state index in [1.54, 1.807) is 19.2 Å². The van der Waals surface area contributed by atoms with Crippen LogP contribution in [0.1, 0.15) is 38.9 Å². The number of carboxylic acid groups (broad SMARTS) is 1. The Bertz CT molecular complexity index is 2160. The van der Waals surface area contributed by atoms with Crippen LogP contribution in [0.3, 0.4) is 0 Å². The maximum absolute atomic E-state index is 14.1. The molecule has 1 saturated carbocycles. The summed E-state index contributed by atoms with van der Waals surface area (Å²) in [4.78, 5) is 46.4. The van der Waals surface area contributed by atoms with Crippen LogP contribution >= 0.6 is 0 Å². The molecule has 4 N–H and O–H groups in total. The van der Waals surface area contributed by atoms with E-state index in [0.29, 0.717) is 34.5 Å². The number of hydrogen-bond donors (Lipinski definition) is 4. The Balaban J connectivity index is 1.28. The number of aryl methyl sites for hydroxylation is 1. The highest BCUT2D eigenvalue weighted by Gasteiger charge is 2.61. The molecule has 4 aromatic rings. The molecule has 3 amide bonds. The Morgan fingerprint density at radius 2 is 1.93 bits per heavy atom. The number of urea groups is 1. The van der Waals surface area contributed by atoms with E-state index in [-0.39, 0.29) is 42.5 Å². The average Bonchev–Trinajstić information content (AvgIpc) is 3.42. The van der Waals surface area contributed by atoms with Gasteiger partial charge in [0.2, 0.25) is 15.9 Å². The second kappa shape index (κ2) is 15.5. The molecule has 286 valence electrons. The number of benzene rings is 2. The Hall–Kier alpha value is -5.48. The Kier molecular flexibility index (Phi) is 11.0. The second-order valence-corrected chi connectivity index (χ2v) is 15.8. The number of aliphatic carboxylic acids is 1. The van der Waals surface area contributed by atoms with Crippen LogP contribution in [0.2, 0.25) is 0 Å². The summed E-state index contributed by atoms with van der Waals surface area (Å²) in [5.74, 6) is -1.06. The molecule has 2 aromatic heterocycles. The zero-order chi connectivity index (χ0) is 38.8. The smallest absolute Gasteiger partial charge is 0.330 e. The summed E-state index contributed by atoms with van der Waals surface area (Å²) < 4.78 is 45.6. The van der Waals surface area contributed by atoms with Crippen LogP contribution in [0.25, 0.3) is 22.2 Å². The highest BCUT2D eigenvalue weighted by atomic mass is 32.2. The van der Waals surface area contributed by atoms with E-state index in [4.69, 9.17) is 19.0 Å². The summed E-state index contributed by atoms with van der Waals surface area (Å²) >= 11 is 0. The lowest BCUT2D eigenvalue weighted by atomic mass is 10.0. The largest absolute Gasteiger partial charge is 0.497 e. The summed E-state index contributed by atoms with van der Waals surface area (Å²) in [6.45, 7) is 8.87. The molecular weight excluding hydrogens is 717 g/mol. The van der Waals surface area contributed by atoms with Gasteiger partial charge in [0.15, 0.2) is 5.76 Å². The molecule has 15 nitrogen and oxygen atoms in total. The quantitative estimate of drug-likeness (QED) is 0.126. The minimum atomic E-state index is -4.01. The van der Waals surface area contributed by atoms with Gasteiger partial charge in [0.1, 0.15) is 34.1 Å². The summed E-state index contributed by atoms with van der Waals surface area (Å²) in [5, 5.41) is 19.9. The van der Waals surface area contributed by atoms with Gasteiger partial charge in [0, 0.05) is 48.0 Å². The first kappa shape index (κ1) is 38.3. The third-order valence-corrected chi connectivity index (χ3v) is 11.3. The van der Waals surface area contributed by atoms with Crippen LogP contribution in [0, 0.1) is 18.8 Å². The fraction of sp³-hybridized carbons (Fsp3) is 0.395. The van der Waals surface area contributed by atoms with E-state index in [1.165, 1.54) is 17.9 Å². The van der Waals surface area contributed by atoms with Crippen LogP contribution in [0.4, 0.5) is 4.79 Å². The third-order valence-electron chi connectivity index (χ3n) is 9.80. The standard InChI is InChI=1S/C38H44N6O9S/c1-6-25-18-38(25,36(46)47)43-35(45)32-16-28(52-33-17-30(24-10-8-7-9-11-24)42-31-15-27(51-5)12-13-29(31)33)21-44(32)37(48)41-26(14-22(2)3)19-40-54(49,50)34-20-39-53-23(34)4/h6-13,15,17,20,22,25-26,28,32,40H,1,14,16,18-19,21H2,2-5H3,(H,41,48)(H,43,45)(H,46,47)/t25-,26?,28-,32+,38-/m1/s1. The van der Waals surface area contributed by atoms with Gasteiger partial charge in [-0.05, 0) is 37.8 Å². The summed E-state index contributed by atoms with van der Waals surface area (Å²) in [7, 11) is -2.44. The Morgan fingerprint density at radius 3 is 2.56 bits per heavy atom. The molecule has 16 heteroatoms. The van der Waals surface area contributed by atoms with E-state index in [9.17, 15) is 27.9 Å². The lowest BCUT2D eigenvalue weighted by Crippen LogP contribution is -2.56. The molecule has 3 heterocycles. The predicted molar refractivity (Wildman–Crippen MR) is 198 cm³/mol. The number of fused-ring (bicyclic) bond motifs is 1. The van der Waals surface area contributed by atoms with E-state index in [0.717, 1.165) is 11.8 Å². The highest BCUT2D eigenvalue weighted by molar-refractivity contribution is 7.89. The molecule has 1 aliphatic heterocycles. The van der Waals surface area contributed by atoms with Gasteiger partial charge in [0.05, 0.1) is 31.1 Å². The first-order valence-corrected chi connectivity index (χ1v) is 19.1. The first-order chi connectivity index (χ1) is 25.7. The van der Waals surface area contributed by atoms with Crippen molar-refractivity contribution in [2.45, 2.75) is 68.7 Å². The van der Waals surface area contributed by atoms with Gasteiger partial charge in [-0.3, -0.25) is 4.79 Å². The van der Waals surface area contributed by atoms with Gasteiger partial charge >= 0.3 is 12.0 Å². The van der Waals surface area contributed by atoms with Crippen molar-refractivity contribution in [3.8, 4) is 22.8 Å². The van der Waals surface area contributed by atoms with Crippen molar-refractivity contribution in [2.75, 3.05) is 20.2 Å². The molecule has 1 aliphatic carbocycles. The van der Waals surface area contributed by atoms with Crippen molar-refractivity contribution in [3.05, 3.63) is 79.2 Å². The zero-order valence-electron chi connectivity index (χ0n) is 30.4. The van der Waals surface area contributed by atoms with Crippen molar-refractivity contribution in [2.24, 2.45) is 11.8 Å². The zero-order valence-corrected chi connectivity index (χ0v) is 31.3. The molecule has 0 spiro atoms. The van der Waals surface area contributed by atoms with Crippen molar-refractivity contribution in [1.29, 1.82) is 0 Å². The first-order valence-electron chi connectivity index (χ1n) is 17.6. The number of carbonyl (C=O) groups excluding carboxylic acids is 2. The van der Waals surface area contributed by atoms with Crippen LogP contribution in [-0.4, -0.2) is 90.4 Å². The lowest BCUT2D eigenvalue weighted by molar-refractivity contribution is -0.144. The fourth-order valence-electron chi connectivity index (χ4n) is 6.87. The number of nitrogens with zero attached hydrogens (tertiary/aromatic N) is 3. The maximum atomic E-state index is 14.1. The molecule has 0 radical (unpaired) electrons. The van der Waals surface area contributed by atoms with Crippen molar-refractivity contribution in [1.82, 2.24) is 30.4 Å². The van der Waals surface area contributed by atoms with E-state index in [1.807, 2.05) is 56.3 Å². The van der Waals surface area contributed by atoms with E-state index >= 15 is 0 Å². The molecule has 1 unspecified atom stereocenters. The molecule has 0 bridgehead atoms. The molecule has 6 rings (SSSR count). The van der Waals surface area contributed by atoms with Gasteiger partial charge in [-0.25, -0.2) is 27.7 Å². The number of aromatic nitrogens is 2.